The highest BCUT2D eigenvalue weighted by Crippen LogP contribution is 2.17. The molecule has 7 nitrogen and oxygen atoms in total. The first-order valence-electron chi connectivity index (χ1n) is 8.47. The van der Waals surface area contributed by atoms with Gasteiger partial charge in [-0.05, 0) is 31.3 Å². The smallest absolute Gasteiger partial charge is 0.274 e. The van der Waals surface area contributed by atoms with Gasteiger partial charge in [0.2, 0.25) is 0 Å². The fraction of sp³-hybridized carbons (Fsp3) is 0.316. The molecule has 1 aromatic heterocycles. The number of hydrogen-bond acceptors (Lipinski definition) is 5. The van der Waals surface area contributed by atoms with Crippen LogP contribution in [0.15, 0.2) is 42.5 Å². The highest BCUT2D eigenvalue weighted by Gasteiger charge is 2.22. The van der Waals surface area contributed by atoms with Crippen LogP contribution in [0.4, 0.5) is 5.69 Å². The predicted octanol–water partition coefficient (Wildman–Crippen LogP) is 1.73. The van der Waals surface area contributed by atoms with E-state index in [4.69, 9.17) is 4.74 Å². The van der Waals surface area contributed by atoms with Crippen molar-refractivity contribution in [3.8, 4) is 5.75 Å². The Labute approximate surface area is 152 Å². The number of likely N-dealkylation sites (N-methyl/N-ethyl adjacent to an activating group) is 1. The summed E-state index contributed by atoms with van der Waals surface area (Å²) in [6.45, 7) is 3.00. The number of benzene rings is 1. The molecule has 26 heavy (non-hydrogen) atoms. The van der Waals surface area contributed by atoms with E-state index in [1.54, 1.807) is 54.5 Å². The van der Waals surface area contributed by atoms with Crippen LogP contribution in [0.5, 0.6) is 5.75 Å². The number of pyridine rings is 1. The van der Waals surface area contributed by atoms with E-state index in [1.165, 1.54) is 0 Å². The zero-order chi connectivity index (χ0) is 18.5. The molecule has 0 atom stereocenters. The van der Waals surface area contributed by atoms with Crippen molar-refractivity contribution in [2.24, 2.45) is 0 Å². The van der Waals surface area contributed by atoms with Gasteiger partial charge in [-0.2, -0.15) is 0 Å². The minimum absolute atomic E-state index is 0.144. The third-order valence-corrected chi connectivity index (χ3v) is 4.32. The van der Waals surface area contributed by atoms with Crippen LogP contribution in [0.2, 0.25) is 0 Å². The summed E-state index contributed by atoms with van der Waals surface area (Å²) in [6.07, 6.45) is 0. The number of carbonyl (C=O) groups excluding carboxylic acids is 2. The van der Waals surface area contributed by atoms with Gasteiger partial charge in [-0.15, -0.1) is 0 Å². The van der Waals surface area contributed by atoms with Crippen molar-refractivity contribution < 1.29 is 14.3 Å². The second-order valence-corrected chi connectivity index (χ2v) is 6.19. The van der Waals surface area contributed by atoms with E-state index in [9.17, 15) is 9.59 Å². The minimum Gasteiger partial charge on any atom is -0.497 e. The maximum Gasteiger partial charge on any atom is 0.274 e. The Hall–Kier alpha value is -2.93. The molecule has 1 aliphatic rings. The third-order valence-electron chi connectivity index (χ3n) is 4.32. The summed E-state index contributed by atoms with van der Waals surface area (Å²) in [5.41, 5.74) is 1.09. The highest BCUT2D eigenvalue weighted by atomic mass is 16.5. The molecular weight excluding hydrogens is 332 g/mol. The molecule has 1 aliphatic heterocycles. The molecule has 136 valence electrons. The Morgan fingerprint density at radius 1 is 1.04 bits per heavy atom. The average molecular weight is 354 g/mol. The molecule has 0 unspecified atom stereocenters. The van der Waals surface area contributed by atoms with Crippen molar-refractivity contribution in [1.82, 2.24) is 14.8 Å². The topological polar surface area (TPSA) is 74.8 Å². The largest absolute Gasteiger partial charge is 0.497 e. The number of nitrogens with one attached hydrogen (secondary N) is 1. The van der Waals surface area contributed by atoms with Gasteiger partial charge in [-0.1, -0.05) is 12.1 Å². The van der Waals surface area contributed by atoms with E-state index in [2.05, 4.69) is 15.2 Å². The van der Waals surface area contributed by atoms with Crippen LogP contribution in [0.1, 0.15) is 21.0 Å². The molecule has 1 N–H and O–H groups in total. The monoisotopic (exact) mass is 354 g/mol. The number of amides is 2. The van der Waals surface area contributed by atoms with E-state index in [-0.39, 0.29) is 23.2 Å². The van der Waals surface area contributed by atoms with E-state index in [1.807, 2.05) is 7.05 Å². The van der Waals surface area contributed by atoms with Gasteiger partial charge in [0.25, 0.3) is 11.8 Å². The quantitative estimate of drug-likeness (QED) is 0.905. The minimum atomic E-state index is -0.369. The summed E-state index contributed by atoms with van der Waals surface area (Å²) in [5.74, 6) is 0.134. The Balaban J connectivity index is 1.71. The van der Waals surface area contributed by atoms with Gasteiger partial charge in [0.1, 0.15) is 17.1 Å². The summed E-state index contributed by atoms with van der Waals surface area (Å²) < 4.78 is 5.15. The number of carbonyl (C=O) groups is 2. The Morgan fingerprint density at radius 2 is 1.73 bits per heavy atom. The number of ether oxygens (including phenoxy) is 1. The Kier molecular flexibility index (Phi) is 5.48. The van der Waals surface area contributed by atoms with Crippen LogP contribution in [0, 0.1) is 0 Å². The van der Waals surface area contributed by atoms with Gasteiger partial charge in [-0.3, -0.25) is 9.59 Å². The van der Waals surface area contributed by atoms with E-state index >= 15 is 0 Å². The molecule has 3 rings (SSSR count). The number of methoxy groups -OCH3 is 1. The summed E-state index contributed by atoms with van der Waals surface area (Å²) in [6, 6.07) is 12.0. The molecule has 2 aromatic rings. The summed E-state index contributed by atoms with van der Waals surface area (Å²) >= 11 is 0. The molecule has 1 saturated heterocycles. The fourth-order valence-electron chi connectivity index (χ4n) is 2.75. The van der Waals surface area contributed by atoms with Gasteiger partial charge >= 0.3 is 0 Å². The lowest BCUT2D eigenvalue weighted by atomic mass is 10.2. The molecule has 0 saturated carbocycles. The van der Waals surface area contributed by atoms with Crippen molar-refractivity contribution in [2.45, 2.75) is 0 Å². The number of aromatic nitrogens is 1. The van der Waals surface area contributed by atoms with Gasteiger partial charge < -0.3 is 19.9 Å². The second-order valence-electron chi connectivity index (χ2n) is 6.19. The van der Waals surface area contributed by atoms with Crippen LogP contribution >= 0.6 is 0 Å². The molecule has 0 radical (unpaired) electrons. The molecule has 2 amide bonds. The van der Waals surface area contributed by atoms with E-state index in [0.29, 0.717) is 24.5 Å². The molecular formula is C19H22N4O3. The first-order valence-corrected chi connectivity index (χ1v) is 8.47. The van der Waals surface area contributed by atoms with Crippen LogP contribution in [0.25, 0.3) is 0 Å². The zero-order valence-electron chi connectivity index (χ0n) is 14.9. The van der Waals surface area contributed by atoms with E-state index < -0.39 is 0 Å². The second kappa shape index (κ2) is 7.97. The molecule has 7 heteroatoms. The number of piperazine rings is 1. The Bertz CT molecular complexity index is 801. The van der Waals surface area contributed by atoms with Crippen molar-refractivity contribution >= 4 is 17.5 Å². The molecule has 0 spiro atoms. The van der Waals surface area contributed by atoms with Crippen molar-refractivity contribution in [2.75, 3.05) is 45.7 Å². The van der Waals surface area contributed by atoms with Crippen LogP contribution < -0.4 is 10.1 Å². The normalized spacial score (nSPS) is 14.8. The number of rotatable bonds is 4. The van der Waals surface area contributed by atoms with Gasteiger partial charge in [-0.25, -0.2) is 4.98 Å². The summed E-state index contributed by atoms with van der Waals surface area (Å²) in [5, 5.41) is 2.77. The van der Waals surface area contributed by atoms with Gasteiger partial charge in [0.15, 0.2) is 0 Å². The van der Waals surface area contributed by atoms with E-state index in [0.717, 1.165) is 13.1 Å². The lowest BCUT2D eigenvalue weighted by Gasteiger charge is -2.32. The first kappa shape index (κ1) is 17.9. The SMILES string of the molecule is COc1cccc(NC(=O)c2cccc(C(=O)N3CCN(C)CC3)n2)c1. The number of hydrogen-bond donors (Lipinski definition) is 1. The van der Waals surface area contributed by atoms with Gasteiger partial charge in [0, 0.05) is 37.9 Å². The lowest BCUT2D eigenvalue weighted by Crippen LogP contribution is -2.47. The van der Waals surface area contributed by atoms with Crippen LogP contribution in [-0.4, -0.2) is 66.9 Å². The molecule has 1 aromatic carbocycles. The third kappa shape index (κ3) is 4.18. The standard InChI is InChI=1S/C19H22N4O3/c1-22-9-11-23(12-10-22)19(25)17-8-4-7-16(21-17)18(24)20-14-5-3-6-15(13-14)26-2/h3-8,13H,9-12H2,1-2H3,(H,20,24). The zero-order valence-corrected chi connectivity index (χ0v) is 14.9. The molecule has 0 bridgehead atoms. The van der Waals surface area contributed by atoms with Crippen molar-refractivity contribution in [3.63, 3.8) is 0 Å². The maximum atomic E-state index is 12.6. The van der Waals surface area contributed by atoms with Crippen molar-refractivity contribution in [3.05, 3.63) is 53.9 Å². The highest BCUT2D eigenvalue weighted by molar-refractivity contribution is 6.04. The summed E-state index contributed by atoms with van der Waals surface area (Å²) in [7, 11) is 3.60. The first-order chi connectivity index (χ1) is 12.6. The van der Waals surface area contributed by atoms with Crippen LogP contribution in [0.3, 0.4) is 0 Å². The summed E-state index contributed by atoms with van der Waals surface area (Å²) in [4.78, 5) is 33.3. The predicted molar refractivity (Wildman–Crippen MR) is 98.6 cm³/mol. The number of nitrogens with zero attached hydrogens (tertiary/aromatic N) is 3. The van der Waals surface area contributed by atoms with Crippen LogP contribution in [-0.2, 0) is 0 Å². The van der Waals surface area contributed by atoms with Crippen molar-refractivity contribution in [1.29, 1.82) is 0 Å². The number of anilines is 1. The van der Waals surface area contributed by atoms with Gasteiger partial charge in [0.05, 0.1) is 7.11 Å². The molecule has 0 aliphatic carbocycles. The average Bonchev–Trinajstić information content (AvgIpc) is 2.68. The Morgan fingerprint density at radius 3 is 2.46 bits per heavy atom. The lowest BCUT2D eigenvalue weighted by molar-refractivity contribution is 0.0658. The molecule has 1 fully saturated rings. The fourth-order valence-corrected chi connectivity index (χ4v) is 2.75. The molecule has 2 heterocycles. The maximum absolute atomic E-state index is 12.6.